The molecule has 1 aromatic heterocycles. The molecule has 0 amide bonds. The first-order valence-corrected chi connectivity index (χ1v) is 4.90. The molecule has 0 saturated carbocycles. The molecule has 0 aliphatic heterocycles. The number of hydrogen-bond acceptors (Lipinski definition) is 3. The summed E-state index contributed by atoms with van der Waals surface area (Å²) in [6.07, 6.45) is 0. The van der Waals surface area contributed by atoms with Crippen LogP contribution in [0.25, 0.3) is 10.1 Å². The van der Waals surface area contributed by atoms with Crippen molar-refractivity contribution in [2.24, 2.45) is 4.36 Å². The van der Waals surface area contributed by atoms with Crippen LogP contribution >= 0.6 is 11.3 Å². The molecule has 0 spiro atoms. The van der Waals surface area contributed by atoms with Crippen LogP contribution in [0, 0.1) is 0 Å². The molecule has 0 aliphatic carbocycles. The molecule has 1 nitrogen and oxygen atoms in total. The fourth-order valence-electron chi connectivity index (χ4n) is 1.22. The summed E-state index contributed by atoms with van der Waals surface area (Å²) >= 11 is 6.34. The van der Waals surface area contributed by atoms with E-state index < -0.39 is 0 Å². The number of fused-ring (bicyclic) bond motifs is 1. The Balaban J connectivity index is 2.62. The van der Waals surface area contributed by atoms with E-state index in [9.17, 15) is 0 Å². The van der Waals surface area contributed by atoms with Gasteiger partial charge in [-0.25, -0.2) is 4.36 Å². The maximum absolute atomic E-state index is 4.59. The summed E-state index contributed by atoms with van der Waals surface area (Å²) in [5, 5.41) is 3.41. The van der Waals surface area contributed by atoms with Crippen LogP contribution in [0.1, 0.15) is 5.56 Å². The Bertz CT molecular complexity index is 406. The predicted molar refractivity (Wildman–Crippen MR) is 55.3 cm³/mol. The van der Waals surface area contributed by atoms with Crippen LogP contribution in [0.5, 0.6) is 0 Å². The number of hydrogen-bond donors (Lipinski definition) is 0. The zero-order valence-corrected chi connectivity index (χ0v) is 7.99. The van der Waals surface area contributed by atoms with Crippen molar-refractivity contribution in [2.45, 2.75) is 6.54 Å². The summed E-state index contributed by atoms with van der Waals surface area (Å²) in [5.74, 6) is 0. The first-order valence-electron chi connectivity index (χ1n) is 3.66. The van der Waals surface area contributed by atoms with Crippen LogP contribution in [0.4, 0.5) is 0 Å². The minimum Gasteiger partial charge on any atom is -0.215 e. The van der Waals surface area contributed by atoms with Crippen LogP contribution in [0.15, 0.2) is 34.0 Å². The third-order valence-electron chi connectivity index (χ3n) is 1.80. The largest absolute Gasteiger partial charge is 0.215 e. The lowest BCUT2D eigenvalue weighted by atomic mass is 10.2. The van der Waals surface area contributed by atoms with Gasteiger partial charge in [0.05, 0.1) is 6.54 Å². The molecule has 2 aromatic rings. The van der Waals surface area contributed by atoms with Crippen molar-refractivity contribution < 1.29 is 0 Å². The Morgan fingerprint density at radius 3 is 3.00 bits per heavy atom. The van der Waals surface area contributed by atoms with E-state index in [0.717, 1.165) is 0 Å². The smallest absolute Gasteiger partial charge is 0.0785 e. The average molecular weight is 193 g/mol. The molecule has 1 aromatic carbocycles. The van der Waals surface area contributed by atoms with Crippen LogP contribution < -0.4 is 0 Å². The number of rotatable bonds is 2. The molecule has 0 N–H and O–H groups in total. The minimum atomic E-state index is 0.652. The molecule has 0 atom stereocenters. The van der Waals surface area contributed by atoms with Crippen molar-refractivity contribution >= 4 is 33.8 Å². The van der Waals surface area contributed by atoms with Crippen molar-refractivity contribution in [1.29, 1.82) is 0 Å². The molecule has 0 saturated heterocycles. The van der Waals surface area contributed by atoms with Crippen molar-refractivity contribution in [3.8, 4) is 0 Å². The van der Waals surface area contributed by atoms with Gasteiger partial charge >= 0.3 is 0 Å². The Labute approximate surface area is 80.2 Å². The standard InChI is InChI=1S/C9H7NS2/c11-10-5-7-6-12-9-4-2-1-3-8(7)9/h1-4,6H,5H2. The average Bonchev–Trinajstić information content (AvgIpc) is 2.50. The van der Waals surface area contributed by atoms with Crippen molar-refractivity contribution in [2.75, 3.05) is 0 Å². The molecular formula is C9H7NS2. The summed E-state index contributed by atoms with van der Waals surface area (Å²) in [7, 11) is 0. The minimum absolute atomic E-state index is 0.652. The van der Waals surface area contributed by atoms with E-state index >= 15 is 0 Å². The van der Waals surface area contributed by atoms with Crippen molar-refractivity contribution in [3.63, 3.8) is 0 Å². The molecule has 0 aliphatic rings. The molecule has 0 fully saturated rings. The van der Waals surface area contributed by atoms with Crippen LogP contribution in [-0.4, -0.2) is 0 Å². The second-order valence-electron chi connectivity index (χ2n) is 2.54. The lowest BCUT2D eigenvalue weighted by Crippen LogP contribution is -1.74. The number of nitrogens with zero attached hydrogens (tertiary/aromatic N) is 1. The van der Waals surface area contributed by atoms with Crippen molar-refractivity contribution in [1.82, 2.24) is 0 Å². The number of thiophene rings is 1. The van der Waals surface area contributed by atoms with Gasteiger partial charge in [-0.2, -0.15) is 0 Å². The first-order chi connectivity index (χ1) is 5.92. The summed E-state index contributed by atoms with van der Waals surface area (Å²) in [6.45, 7) is 0.652. The van der Waals surface area contributed by atoms with Crippen LogP contribution in [0.3, 0.4) is 0 Å². The van der Waals surface area contributed by atoms with E-state index in [0.29, 0.717) is 6.54 Å². The van der Waals surface area contributed by atoms with Gasteiger partial charge in [0.15, 0.2) is 0 Å². The third kappa shape index (κ3) is 1.26. The Kier molecular flexibility index (Phi) is 2.15. The zero-order chi connectivity index (χ0) is 8.39. The fraction of sp³-hybridized carbons (Fsp3) is 0.111. The molecule has 0 unspecified atom stereocenters. The molecule has 2 rings (SSSR count). The van der Waals surface area contributed by atoms with Gasteiger partial charge in [0, 0.05) is 17.1 Å². The summed E-state index contributed by atoms with van der Waals surface area (Å²) in [5.41, 5.74) is 1.24. The Morgan fingerprint density at radius 1 is 1.33 bits per heavy atom. The monoisotopic (exact) mass is 193 g/mol. The van der Waals surface area contributed by atoms with Gasteiger partial charge < -0.3 is 0 Å². The van der Waals surface area contributed by atoms with Gasteiger partial charge in [-0.1, -0.05) is 18.2 Å². The SMILES string of the molecule is S=NCc1csc2ccccc12. The fourth-order valence-corrected chi connectivity index (χ4v) is 2.32. The lowest BCUT2D eigenvalue weighted by molar-refractivity contribution is 1.12. The highest BCUT2D eigenvalue weighted by molar-refractivity contribution is 7.47. The van der Waals surface area contributed by atoms with E-state index in [4.69, 9.17) is 0 Å². The normalized spacial score (nSPS) is 10.3. The second-order valence-corrected chi connectivity index (χ2v) is 3.71. The summed E-state index contributed by atoms with van der Waals surface area (Å²) < 4.78 is 5.03. The molecule has 12 heavy (non-hydrogen) atoms. The van der Waals surface area contributed by atoms with Crippen molar-refractivity contribution in [3.05, 3.63) is 35.2 Å². The molecule has 60 valence electrons. The van der Waals surface area contributed by atoms with Crippen LogP contribution in [0.2, 0.25) is 0 Å². The molecule has 3 heteroatoms. The van der Waals surface area contributed by atoms with E-state index in [1.807, 2.05) is 12.1 Å². The molecule has 1 heterocycles. The predicted octanol–water partition coefficient (Wildman–Crippen LogP) is 3.13. The van der Waals surface area contributed by atoms with E-state index in [1.165, 1.54) is 15.6 Å². The van der Waals surface area contributed by atoms with Gasteiger partial charge in [-0.05, 0) is 22.4 Å². The quantitative estimate of drug-likeness (QED) is 0.713. The highest BCUT2D eigenvalue weighted by atomic mass is 32.1. The van der Waals surface area contributed by atoms with Gasteiger partial charge in [0.1, 0.15) is 0 Å². The van der Waals surface area contributed by atoms with Gasteiger partial charge in [-0.3, -0.25) is 0 Å². The second kappa shape index (κ2) is 3.29. The highest BCUT2D eigenvalue weighted by Gasteiger charge is 2.00. The zero-order valence-electron chi connectivity index (χ0n) is 6.36. The Morgan fingerprint density at radius 2 is 2.17 bits per heavy atom. The maximum atomic E-state index is 4.59. The van der Waals surface area contributed by atoms with Gasteiger partial charge in [0.2, 0.25) is 0 Å². The highest BCUT2D eigenvalue weighted by Crippen LogP contribution is 2.25. The van der Waals surface area contributed by atoms with Gasteiger partial charge in [0.25, 0.3) is 0 Å². The summed E-state index contributed by atoms with van der Waals surface area (Å²) in [6, 6.07) is 8.32. The van der Waals surface area contributed by atoms with E-state index in [-0.39, 0.29) is 0 Å². The maximum Gasteiger partial charge on any atom is 0.0785 e. The lowest BCUT2D eigenvalue weighted by Gasteiger charge is -1.91. The summed E-state index contributed by atoms with van der Waals surface area (Å²) in [4.78, 5) is 0. The Hall–Kier alpha value is -0.800. The first kappa shape index (κ1) is 7.83. The molecule has 0 radical (unpaired) electrons. The number of benzene rings is 1. The van der Waals surface area contributed by atoms with Gasteiger partial charge in [-0.15, -0.1) is 11.3 Å². The van der Waals surface area contributed by atoms with E-state index in [2.05, 4.69) is 34.3 Å². The third-order valence-corrected chi connectivity index (χ3v) is 2.94. The van der Waals surface area contributed by atoms with E-state index in [1.54, 1.807) is 11.3 Å². The van der Waals surface area contributed by atoms with Crippen LogP contribution in [-0.2, 0) is 19.0 Å². The topological polar surface area (TPSA) is 12.4 Å². The molecule has 0 bridgehead atoms. The molecular weight excluding hydrogens is 186 g/mol.